The SMILES string of the molecule is O=C(OCC(=O)N1N=C(c2ccc(Cl)cc2)C[C@H]1c1ccco1)c1ccc(-n2cnnn2)cc1. The summed E-state index contributed by atoms with van der Waals surface area (Å²) in [6.07, 6.45) is 3.43. The lowest BCUT2D eigenvalue weighted by molar-refractivity contribution is -0.136. The molecule has 0 saturated heterocycles. The number of amides is 1. The smallest absolute Gasteiger partial charge is 0.338 e. The number of hydrogen-bond acceptors (Lipinski definition) is 8. The summed E-state index contributed by atoms with van der Waals surface area (Å²) in [4.78, 5) is 25.5. The highest BCUT2D eigenvalue weighted by Crippen LogP contribution is 2.33. The van der Waals surface area contributed by atoms with Gasteiger partial charge in [0.1, 0.15) is 18.1 Å². The third-order valence-electron chi connectivity index (χ3n) is 5.26. The number of esters is 1. The Morgan fingerprint density at radius 2 is 1.88 bits per heavy atom. The molecule has 11 heteroatoms. The third-order valence-corrected chi connectivity index (χ3v) is 5.51. The monoisotopic (exact) mass is 476 g/mol. The van der Waals surface area contributed by atoms with Crippen molar-refractivity contribution in [2.24, 2.45) is 5.10 Å². The molecule has 4 aromatic rings. The first-order valence-electron chi connectivity index (χ1n) is 10.3. The minimum atomic E-state index is -0.632. The Labute approximate surface area is 198 Å². The molecular weight excluding hydrogens is 460 g/mol. The highest BCUT2D eigenvalue weighted by atomic mass is 35.5. The molecule has 0 N–H and O–H groups in total. The lowest BCUT2D eigenvalue weighted by Crippen LogP contribution is -2.31. The van der Waals surface area contributed by atoms with E-state index in [1.807, 2.05) is 12.1 Å². The zero-order chi connectivity index (χ0) is 23.5. The maximum absolute atomic E-state index is 13.0. The van der Waals surface area contributed by atoms with Gasteiger partial charge in [0.2, 0.25) is 0 Å². The number of carbonyl (C=O) groups excluding carboxylic acids is 2. The van der Waals surface area contributed by atoms with E-state index in [-0.39, 0.29) is 0 Å². The van der Waals surface area contributed by atoms with Crippen LogP contribution in [0, 0.1) is 0 Å². The van der Waals surface area contributed by atoms with Crippen molar-refractivity contribution >= 4 is 29.2 Å². The lowest BCUT2D eigenvalue weighted by Gasteiger charge is -2.19. The van der Waals surface area contributed by atoms with E-state index in [0.29, 0.717) is 34.2 Å². The maximum Gasteiger partial charge on any atom is 0.338 e. The van der Waals surface area contributed by atoms with Crippen LogP contribution in [0.25, 0.3) is 5.69 Å². The maximum atomic E-state index is 13.0. The van der Waals surface area contributed by atoms with Crippen LogP contribution in [0.2, 0.25) is 5.02 Å². The summed E-state index contributed by atoms with van der Waals surface area (Å²) in [6, 6.07) is 16.8. The van der Waals surface area contributed by atoms with Gasteiger partial charge in [0.25, 0.3) is 5.91 Å². The molecule has 2 aromatic heterocycles. The van der Waals surface area contributed by atoms with E-state index in [9.17, 15) is 9.59 Å². The van der Waals surface area contributed by atoms with Crippen molar-refractivity contribution < 1.29 is 18.7 Å². The standard InChI is InChI=1S/C23H17ClN6O4/c24-17-7-3-15(4-8-17)19-12-20(21-2-1-11-33-21)30(26-19)22(31)13-34-23(32)16-5-9-18(10-6-16)29-14-25-27-28-29/h1-11,14,20H,12-13H2/t20-/m0/s1. The van der Waals surface area contributed by atoms with Gasteiger partial charge in [0, 0.05) is 11.4 Å². The number of furan rings is 1. The van der Waals surface area contributed by atoms with Crippen LogP contribution in [0.5, 0.6) is 0 Å². The normalized spacial score (nSPS) is 15.3. The van der Waals surface area contributed by atoms with E-state index >= 15 is 0 Å². The number of hydrogen-bond donors (Lipinski definition) is 0. The van der Waals surface area contributed by atoms with Crippen LogP contribution in [0.4, 0.5) is 0 Å². The molecule has 34 heavy (non-hydrogen) atoms. The predicted octanol–water partition coefficient (Wildman–Crippen LogP) is 3.44. The minimum Gasteiger partial charge on any atom is -0.467 e. The van der Waals surface area contributed by atoms with E-state index in [1.54, 1.807) is 48.5 Å². The fourth-order valence-electron chi connectivity index (χ4n) is 3.57. The molecule has 2 aromatic carbocycles. The number of halogens is 1. The number of ether oxygens (including phenoxy) is 1. The van der Waals surface area contributed by atoms with Crippen molar-refractivity contribution in [3.63, 3.8) is 0 Å². The van der Waals surface area contributed by atoms with Gasteiger partial charge in [-0.3, -0.25) is 4.79 Å². The average Bonchev–Trinajstić information content (AvgIpc) is 3.64. The zero-order valence-electron chi connectivity index (χ0n) is 17.6. The molecule has 0 fully saturated rings. The van der Waals surface area contributed by atoms with E-state index in [4.69, 9.17) is 20.8 Å². The van der Waals surface area contributed by atoms with E-state index < -0.39 is 24.5 Å². The lowest BCUT2D eigenvalue weighted by atomic mass is 10.0. The van der Waals surface area contributed by atoms with Crippen LogP contribution in [-0.2, 0) is 9.53 Å². The largest absolute Gasteiger partial charge is 0.467 e. The Balaban J connectivity index is 1.28. The Morgan fingerprint density at radius 1 is 1.09 bits per heavy atom. The number of nitrogens with zero attached hydrogens (tertiary/aromatic N) is 6. The number of tetrazole rings is 1. The Bertz CT molecular complexity index is 1320. The molecule has 0 spiro atoms. The second kappa shape index (κ2) is 9.28. The molecule has 0 aliphatic carbocycles. The van der Waals surface area contributed by atoms with Gasteiger partial charge in [0.05, 0.1) is 23.2 Å². The number of aromatic nitrogens is 4. The minimum absolute atomic E-state index is 0.291. The molecule has 0 radical (unpaired) electrons. The van der Waals surface area contributed by atoms with Gasteiger partial charge in [-0.1, -0.05) is 23.7 Å². The molecule has 0 saturated carbocycles. The molecule has 1 aliphatic heterocycles. The molecule has 1 atom stereocenters. The number of rotatable bonds is 6. The second-order valence-corrected chi connectivity index (χ2v) is 7.84. The third kappa shape index (κ3) is 4.44. The molecule has 5 rings (SSSR count). The molecule has 170 valence electrons. The highest BCUT2D eigenvalue weighted by molar-refractivity contribution is 6.30. The Kier molecular flexibility index (Phi) is 5.88. The zero-order valence-corrected chi connectivity index (χ0v) is 18.4. The first-order valence-corrected chi connectivity index (χ1v) is 10.7. The summed E-state index contributed by atoms with van der Waals surface area (Å²) in [6.45, 7) is -0.470. The molecular formula is C23H17ClN6O4. The van der Waals surface area contributed by atoms with Gasteiger partial charge in [0.15, 0.2) is 6.61 Å². The fourth-order valence-corrected chi connectivity index (χ4v) is 3.69. The van der Waals surface area contributed by atoms with Gasteiger partial charge in [-0.05, 0) is 64.5 Å². The summed E-state index contributed by atoms with van der Waals surface area (Å²) < 4.78 is 12.2. The van der Waals surface area contributed by atoms with E-state index in [0.717, 1.165) is 5.56 Å². The number of carbonyl (C=O) groups is 2. The molecule has 0 unspecified atom stereocenters. The summed E-state index contributed by atoms with van der Waals surface area (Å²) >= 11 is 5.99. The Morgan fingerprint density at radius 3 is 2.56 bits per heavy atom. The van der Waals surface area contributed by atoms with Crippen LogP contribution < -0.4 is 0 Å². The first kappa shape index (κ1) is 21.5. The van der Waals surface area contributed by atoms with Crippen molar-refractivity contribution in [1.82, 2.24) is 25.2 Å². The summed E-state index contributed by atoms with van der Waals surface area (Å²) in [5.74, 6) is -0.512. The van der Waals surface area contributed by atoms with Crippen molar-refractivity contribution in [3.05, 3.63) is 95.2 Å². The average molecular weight is 477 g/mol. The highest BCUT2D eigenvalue weighted by Gasteiger charge is 2.35. The van der Waals surface area contributed by atoms with Crippen LogP contribution in [0.3, 0.4) is 0 Å². The van der Waals surface area contributed by atoms with Gasteiger partial charge >= 0.3 is 5.97 Å². The van der Waals surface area contributed by atoms with E-state index in [1.165, 1.54) is 22.3 Å². The van der Waals surface area contributed by atoms with Crippen molar-refractivity contribution in [2.75, 3.05) is 6.61 Å². The number of hydrazone groups is 1. The van der Waals surface area contributed by atoms with Crippen LogP contribution in [0.1, 0.15) is 34.1 Å². The van der Waals surface area contributed by atoms with Gasteiger partial charge in [-0.15, -0.1) is 5.10 Å². The van der Waals surface area contributed by atoms with Crippen molar-refractivity contribution in [2.45, 2.75) is 12.5 Å². The molecule has 1 aliphatic rings. The van der Waals surface area contributed by atoms with Gasteiger partial charge < -0.3 is 9.15 Å². The Hall–Kier alpha value is -4.31. The second-order valence-electron chi connectivity index (χ2n) is 7.40. The van der Waals surface area contributed by atoms with Gasteiger partial charge in [-0.2, -0.15) is 5.10 Å². The quantitative estimate of drug-likeness (QED) is 0.391. The van der Waals surface area contributed by atoms with Crippen LogP contribution >= 0.6 is 11.6 Å². The predicted molar refractivity (Wildman–Crippen MR) is 120 cm³/mol. The van der Waals surface area contributed by atoms with Crippen LogP contribution in [0.15, 0.2) is 82.8 Å². The van der Waals surface area contributed by atoms with Gasteiger partial charge in [-0.25, -0.2) is 14.5 Å². The first-order chi connectivity index (χ1) is 16.6. The molecule has 10 nitrogen and oxygen atoms in total. The summed E-state index contributed by atoms with van der Waals surface area (Å²) in [7, 11) is 0. The number of benzene rings is 2. The van der Waals surface area contributed by atoms with E-state index in [2.05, 4.69) is 20.6 Å². The molecule has 3 heterocycles. The fraction of sp³-hybridized carbons (Fsp3) is 0.130. The van der Waals surface area contributed by atoms with Crippen molar-refractivity contribution in [3.8, 4) is 5.69 Å². The topological polar surface area (TPSA) is 116 Å². The molecule has 0 bridgehead atoms. The van der Waals surface area contributed by atoms with Crippen molar-refractivity contribution in [1.29, 1.82) is 0 Å². The summed E-state index contributed by atoms with van der Waals surface area (Å²) in [5, 5.41) is 17.3. The summed E-state index contributed by atoms with van der Waals surface area (Å²) in [5.41, 5.74) is 2.52. The molecule has 1 amide bonds. The van der Waals surface area contributed by atoms with Crippen LogP contribution in [-0.4, -0.2) is 49.4 Å².